The number of rotatable bonds is 4. The number of aromatic amines is 1. The maximum absolute atomic E-state index is 12.9. The smallest absolute Gasteiger partial charge is 0.256 e. The van der Waals surface area contributed by atoms with E-state index >= 15 is 0 Å². The fourth-order valence-corrected chi connectivity index (χ4v) is 4.80. The number of aromatic nitrogens is 1. The van der Waals surface area contributed by atoms with Gasteiger partial charge in [0.15, 0.2) is 9.84 Å². The van der Waals surface area contributed by atoms with Crippen LogP contribution in [-0.4, -0.2) is 19.3 Å². The molecule has 0 saturated heterocycles. The monoisotopic (exact) mass is 392 g/mol. The summed E-state index contributed by atoms with van der Waals surface area (Å²) < 4.78 is 25.7. The predicted molar refractivity (Wildman–Crippen MR) is 111 cm³/mol. The van der Waals surface area contributed by atoms with Crippen LogP contribution in [0.4, 0.5) is 5.69 Å². The van der Waals surface area contributed by atoms with Crippen molar-refractivity contribution >= 4 is 33.1 Å². The summed E-state index contributed by atoms with van der Waals surface area (Å²) in [5.74, 6) is -0.318. The first-order valence-electron chi connectivity index (χ1n) is 8.94. The van der Waals surface area contributed by atoms with Gasteiger partial charge >= 0.3 is 0 Å². The molecule has 2 N–H and O–H groups in total. The number of fused-ring (bicyclic) bond motifs is 1. The van der Waals surface area contributed by atoms with Crippen molar-refractivity contribution in [3.63, 3.8) is 0 Å². The Morgan fingerprint density at radius 3 is 2.43 bits per heavy atom. The third kappa shape index (κ3) is 3.39. The molecule has 4 rings (SSSR count). The molecule has 1 aromatic heterocycles. The highest BCUT2D eigenvalue weighted by Gasteiger charge is 2.27. The van der Waals surface area contributed by atoms with Gasteiger partial charge in [0.05, 0.1) is 16.2 Å². The number of sulfone groups is 1. The van der Waals surface area contributed by atoms with Gasteiger partial charge in [-0.25, -0.2) is 8.42 Å². The number of aryl methyl sites for hydroxylation is 2. The summed E-state index contributed by atoms with van der Waals surface area (Å²) >= 11 is 0. The van der Waals surface area contributed by atoms with Gasteiger partial charge in [-0.05, 0) is 55.3 Å². The quantitative estimate of drug-likeness (QED) is 0.656. The summed E-state index contributed by atoms with van der Waals surface area (Å²) in [5, 5.41) is 2.81. The van der Waals surface area contributed by atoms with Gasteiger partial charge in [-0.2, -0.15) is 0 Å². The van der Waals surface area contributed by atoms with Gasteiger partial charge in [0.25, 0.3) is 5.91 Å². The van der Waals surface area contributed by atoms with E-state index in [9.17, 15) is 13.2 Å². The molecule has 1 aliphatic heterocycles. The van der Waals surface area contributed by atoms with Crippen molar-refractivity contribution in [1.29, 1.82) is 0 Å². The molecule has 0 aliphatic carbocycles. The molecule has 5 nitrogen and oxygen atoms in total. The minimum Gasteiger partial charge on any atom is -0.359 e. The van der Waals surface area contributed by atoms with Crippen molar-refractivity contribution in [1.82, 2.24) is 4.98 Å². The van der Waals surface area contributed by atoms with Crippen molar-refractivity contribution in [3.8, 4) is 0 Å². The number of amides is 1. The Hall–Kier alpha value is -3.12. The van der Waals surface area contributed by atoms with Crippen molar-refractivity contribution in [3.05, 3.63) is 82.7 Å². The summed E-state index contributed by atoms with van der Waals surface area (Å²) in [5.41, 5.74) is 5.28. The molecule has 1 aliphatic rings. The van der Waals surface area contributed by atoms with Crippen LogP contribution in [0.2, 0.25) is 0 Å². The van der Waals surface area contributed by atoms with Gasteiger partial charge < -0.3 is 10.3 Å². The molecular formula is C22H20N2O3S. The van der Waals surface area contributed by atoms with E-state index in [-0.39, 0.29) is 16.6 Å². The summed E-state index contributed by atoms with van der Waals surface area (Å²) in [6.45, 7) is 3.91. The molecule has 2 aromatic carbocycles. The lowest BCUT2D eigenvalue weighted by atomic mass is 10.1. The van der Waals surface area contributed by atoms with Crippen LogP contribution >= 0.6 is 0 Å². The topological polar surface area (TPSA) is 79.0 Å². The van der Waals surface area contributed by atoms with Crippen LogP contribution in [0.15, 0.2) is 59.5 Å². The number of nitrogens with one attached hydrogen (secondary N) is 2. The van der Waals surface area contributed by atoms with E-state index in [0.29, 0.717) is 16.8 Å². The second-order valence-electron chi connectivity index (χ2n) is 7.01. The van der Waals surface area contributed by atoms with Crippen molar-refractivity contribution < 1.29 is 13.2 Å². The highest BCUT2D eigenvalue weighted by Crippen LogP contribution is 2.35. The minimum absolute atomic E-state index is 0.0814. The molecule has 0 unspecified atom stereocenters. The van der Waals surface area contributed by atoms with Gasteiger partial charge in [0, 0.05) is 22.6 Å². The molecule has 3 aromatic rings. The number of H-pyrrole nitrogens is 1. The van der Waals surface area contributed by atoms with E-state index in [1.807, 2.05) is 38.1 Å². The lowest BCUT2D eigenvalue weighted by molar-refractivity contribution is -0.110. The minimum atomic E-state index is -3.53. The zero-order valence-electron chi connectivity index (χ0n) is 15.6. The predicted octanol–water partition coefficient (Wildman–Crippen LogP) is 4.10. The third-order valence-corrected chi connectivity index (χ3v) is 6.50. The number of hydrogen-bond donors (Lipinski definition) is 2. The van der Waals surface area contributed by atoms with Gasteiger partial charge in [-0.15, -0.1) is 0 Å². The normalized spacial score (nSPS) is 14.9. The molecule has 28 heavy (non-hydrogen) atoms. The lowest BCUT2D eigenvalue weighted by Crippen LogP contribution is -2.05. The summed E-state index contributed by atoms with van der Waals surface area (Å²) in [7, 11) is -3.53. The van der Waals surface area contributed by atoms with Crippen LogP contribution in [0.1, 0.15) is 28.1 Å². The number of benzene rings is 2. The molecule has 142 valence electrons. The maximum Gasteiger partial charge on any atom is 0.256 e. The van der Waals surface area contributed by atoms with E-state index in [1.54, 1.807) is 36.4 Å². The van der Waals surface area contributed by atoms with Gasteiger partial charge in [0.2, 0.25) is 0 Å². The highest BCUT2D eigenvalue weighted by molar-refractivity contribution is 7.90. The van der Waals surface area contributed by atoms with Crippen LogP contribution in [0.3, 0.4) is 0 Å². The Morgan fingerprint density at radius 1 is 1.00 bits per heavy atom. The van der Waals surface area contributed by atoms with Crippen LogP contribution in [0.5, 0.6) is 0 Å². The Balaban J connectivity index is 1.75. The van der Waals surface area contributed by atoms with Gasteiger partial charge in [-0.1, -0.05) is 30.3 Å². The van der Waals surface area contributed by atoms with Gasteiger partial charge in [0.1, 0.15) is 0 Å². The zero-order chi connectivity index (χ0) is 19.9. The molecule has 0 atom stereocenters. The fraction of sp³-hybridized carbons (Fsp3) is 0.136. The van der Waals surface area contributed by atoms with Gasteiger partial charge in [-0.3, -0.25) is 4.79 Å². The summed E-state index contributed by atoms with van der Waals surface area (Å²) in [6.07, 6.45) is 1.77. The fourth-order valence-electron chi connectivity index (χ4n) is 3.42. The first-order chi connectivity index (χ1) is 13.3. The second-order valence-corrected chi connectivity index (χ2v) is 9.00. The summed E-state index contributed by atoms with van der Waals surface area (Å²) in [6, 6.07) is 15.8. The van der Waals surface area contributed by atoms with Crippen LogP contribution < -0.4 is 5.32 Å². The van der Waals surface area contributed by atoms with Crippen molar-refractivity contribution in [2.45, 2.75) is 24.5 Å². The third-order valence-electron chi connectivity index (χ3n) is 4.81. The molecule has 0 bridgehead atoms. The first kappa shape index (κ1) is 18.3. The van der Waals surface area contributed by atoms with E-state index in [4.69, 9.17) is 0 Å². The molecule has 0 spiro atoms. The van der Waals surface area contributed by atoms with Crippen LogP contribution in [0, 0.1) is 13.8 Å². The van der Waals surface area contributed by atoms with E-state index in [2.05, 4.69) is 10.3 Å². The average molecular weight is 392 g/mol. The number of carbonyl (C=O) groups excluding carboxylic acids is 1. The Labute approximate surface area is 164 Å². The highest BCUT2D eigenvalue weighted by atomic mass is 32.2. The molecule has 0 fully saturated rings. The molecule has 6 heteroatoms. The van der Waals surface area contributed by atoms with E-state index in [0.717, 1.165) is 22.5 Å². The van der Waals surface area contributed by atoms with Crippen molar-refractivity contribution in [2.75, 3.05) is 5.32 Å². The number of anilines is 1. The number of hydrogen-bond acceptors (Lipinski definition) is 3. The SMILES string of the molecule is Cc1cc(C)c(/C=C2\C(=O)Nc3ccc(S(=O)(=O)Cc4ccccc4)cc32)[nH]1. The largest absolute Gasteiger partial charge is 0.359 e. The van der Waals surface area contributed by atoms with E-state index in [1.165, 1.54) is 0 Å². The zero-order valence-corrected chi connectivity index (χ0v) is 16.4. The van der Waals surface area contributed by atoms with E-state index < -0.39 is 9.84 Å². The second kappa shape index (κ2) is 6.80. The molecule has 0 radical (unpaired) electrons. The summed E-state index contributed by atoms with van der Waals surface area (Å²) in [4.78, 5) is 15.9. The molecule has 2 heterocycles. The Kier molecular flexibility index (Phi) is 4.43. The molecule has 0 saturated carbocycles. The Bertz CT molecular complexity index is 1210. The standard InChI is InChI=1S/C22H20N2O3S/c1-14-10-15(2)23-21(14)12-19-18-11-17(8-9-20(18)24-22(19)25)28(26,27)13-16-6-4-3-5-7-16/h3-12,23H,13H2,1-2H3,(H,24,25)/b19-12-. The van der Waals surface area contributed by atoms with Crippen LogP contribution in [-0.2, 0) is 20.4 Å². The average Bonchev–Trinajstić information content (AvgIpc) is 3.13. The van der Waals surface area contributed by atoms with Crippen molar-refractivity contribution in [2.24, 2.45) is 0 Å². The van der Waals surface area contributed by atoms with Crippen LogP contribution in [0.25, 0.3) is 11.6 Å². The number of carbonyl (C=O) groups is 1. The maximum atomic E-state index is 12.9. The lowest BCUT2D eigenvalue weighted by Gasteiger charge is -2.07. The Morgan fingerprint density at radius 2 is 1.75 bits per heavy atom. The first-order valence-corrected chi connectivity index (χ1v) is 10.6. The molecular weight excluding hydrogens is 372 g/mol. The molecule has 1 amide bonds.